The number of nitrogens with zero attached hydrogens (tertiary/aromatic N) is 2. The first-order valence-electron chi connectivity index (χ1n) is 18.7. The average Bonchev–Trinajstić information content (AvgIpc) is 3.64. The Morgan fingerprint density at radius 1 is 0.750 bits per heavy atom. The van der Waals surface area contributed by atoms with Crippen molar-refractivity contribution in [3.8, 4) is 0 Å². The second kappa shape index (κ2) is 25.3. The Morgan fingerprint density at radius 2 is 1.45 bits per heavy atom. The molecule has 0 aliphatic heterocycles. The van der Waals surface area contributed by atoms with Crippen LogP contribution in [0.3, 0.4) is 0 Å². The van der Waals surface area contributed by atoms with Gasteiger partial charge < -0.3 is 59.8 Å². The zero-order valence-electron chi connectivity index (χ0n) is 32.8. The Morgan fingerprint density at radius 3 is 2.05 bits per heavy atom. The third-order valence-corrected chi connectivity index (χ3v) is 8.46. The molecule has 0 aromatic carbocycles. The van der Waals surface area contributed by atoms with Crippen LogP contribution in [-0.2, 0) is 44.8 Å². The van der Waals surface area contributed by atoms with Crippen LogP contribution >= 0.6 is 0 Å². The Bertz CT molecular complexity index is 1490. The van der Waals surface area contributed by atoms with Crippen molar-refractivity contribution in [1.29, 1.82) is 0 Å². The monoisotopic (exact) mass is 791 g/mol. The third kappa shape index (κ3) is 20.1. The maximum Gasteiger partial charge on any atom is 0.243 e. The predicted octanol–water partition coefficient (Wildman–Crippen LogP) is -2.81. The average molecular weight is 792 g/mol. The molecule has 21 nitrogen and oxygen atoms in total. The zero-order valence-corrected chi connectivity index (χ0v) is 32.8. The minimum atomic E-state index is -1.58. The van der Waals surface area contributed by atoms with Gasteiger partial charge in [-0.25, -0.2) is 4.98 Å². The van der Waals surface area contributed by atoms with Crippen LogP contribution in [0, 0.1) is 11.3 Å². The first kappa shape index (κ1) is 48.3. The molecule has 0 aliphatic rings. The molecule has 0 saturated heterocycles. The van der Waals surface area contributed by atoms with Crippen LogP contribution in [0.1, 0.15) is 91.2 Å². The van der Waals surface area contributed by atoms with E-state index in [1.807, 2.05) is 13.8 Å². The molecule has 21 heteroatoms. The van der Waals surface area contributed by atoms with E-state index in [0.29, 0.717) is 38.5 Å². The lowest BCUT2D eigenvalue weighted by atomic mass is 9.90. The van der Waals surface area contributed by atoms with Crippen LogP contribution < -0.4 is 54.8 Å². The number of aromatic nitrogens is 2. The molecule has 0 radical (unpaired) electrons. The van der Waals surface area contributed by atoms with E-state index in [-0.39, 0.29) is 63.1 Å². The number of amides is 8. The van der Waals surface area contributed by atoms with Crippen molar-refractivity contribution >= 4 is 53.2 Å². The van der Waals surface area contributed by atoms with Gasteiger partial charge in [0.05, 0.1) is 12.9 Å². The molecule has 0 fully saturated rings. The molecular weight excluding hydrogens is 730 g/mol. The second-order valence-electron chi connectivity index (χ2n) is 14.3. The summed E-state index contributed by atoms with van der Waals surface area (Å²) in [6, 6.07) is -3.09. The van der Waals surface area contributed by atoms with Gasteiger partial charge in [0.15, 0.2) is 5.96 Å². The largest absolute Gasteiger partial charge is 0.370 e. The molecular formula is C35H61N13O8. The van der Waals surface area contributed by atoms with Crippen molar-refractivity contribution in [2.45, 2.75) is 110 Å². The Labute approximate surface area is 326 Å². The molecule has 56 heavy (non-hydrogen) atoms. The molecule has 3 unspecified atom stereocenters. The summed E-state index contributed by atoms with van der Waals surface area (Å²) in [5.74, 6) is -4.94. The number of hydrogen-bond donors (Lipinski definition) is 11. The van der Waals surface area contributed by atoms with E-state index < -0.39 is 71.4 Å². The highest BCUT2D eigenvalue weighted by molar-refractivity contribution is 6.05. The Hall–Kier alpha value is -5.76. The quantitative estimate of drug-likeness (QED) is 0.0178. The number of hydrogen-bond acceptors (Lipinski definition) is 10. The van der Waals surface area contributed by atoms with Crippen LogP contribution in [0.4, 0.5) is 0 Å². The number of carbonyl (C=O) groups is 8. The molecule has 0 bridgehead atoms. The number of nitrogens with two attached hydrogens (primary N) is 4. The number of carbonyl (C=O) groups excluding carboxylic acids is 8. The minimum Gasteiger partial charge on any atom is -0.370 e. The summed E-state index contributed by atoms with van der Waals surface area (Å²) in [5, 5.41) is 15.6. The Kier molecular flexibility index (Phi) is 21.8. The van der Waals surface area contributed by atoms with Gasteiger partial charge in [-0.2, -0.15) is 0 Å². The van der Waals surface area contributed by atoms with Gasteiger partial charge in [0.2, 0.25) is 47.3 Å². The molecule has 3 atom stereocenters. The first-order chi connectivity index (χ1) is 26.3. The van der Waals surface area contributed by atoms with Gasteiger partial charge in [0.1, 0.15) is 23.5 Å². The lowest BCUT2D eigenvalue weighted by Gasteiger charge is -2.26. The van der Waals surface area contributed by atoms with Crippen molar-refractivity contribution in [2.24, 2.45) is 39.3 Å². The van der Waals surface area contributed by atoms with E-state index in [4.69, 9.17) is 22.9 Å². The number of rotatable bonds is 28. The van der Waals surface area contributed by atoms with Gasteiger partial charge >= 0.3 is 0 Å². The Balaban J connectivity index is 2.56. The van der Waals surface area contributed by atoms with Crippen molar-refractivity contribution in [2.75, 3.05) is 26.2 Å². The fourth-order valence-corrected chi connectivity index (χ4v) is 5.15. The number of imidazole rings is 1. The minimum absolute atomic E-state index is 0.0852. The number of aromatic amines is 1. The van der Waals surface area contributed by atoms with Crippen molar-refractivity contribution in [3.05, 3.63) is 18.2 Å². The molecule has 1 heterocycles. The molecule has 0 spiro atoms. The van der Waals surface area contributed by atoms with Crippen LogP contribution in [0.25, 0.3) is 0 Å². The molecule has 1 aromatic heterocycles. The number of aliphatic imine (C=N–C) groups is 1. The number of H-pyrrole nitrogens is 1. The highest BCUT2D eigenvalue weighted by Gasteiger charge is 2.38. The fourth-order valence-electron chi connectivity index (χ4n) is 5.15. The number of nitrogens with one attached hydrogen (secondary N) is 7. The van der Waals surface area contributed by atoms with Crippen molar-refractivity contribution < 1.29 is 38.4 Å². The summed E-state index contributed by atoms with van der Waals surface area (Å²) in [4.78, 5) is 111. The van der Waals surface area contributed by atoms with Gasteiger partial charge in [-0.1, -0.05) is 20.3 Å². The fraction of sp³-hybridized carbons (Fsp3) is 0.657. The molecule has 314 valence electrons. The maximum absolute atomic E-state index is 13.1. The first-order valence-corrected chi connectivity index (χ1v) is 18.7. The molecule has 0 aliphatic carbocycles. The predicted molar refractivity (Wildman–Crippen MR) is 206 cm³/mol. The lowest BCUT2D eigenvalue weighted by Crippen LogP contribution is -2.55. The van der Waals surface area contributed by atoms with Gasteiger partial charge in [-0.05, 0) is 58.3 Å². The van der Waals surface area contributed by atoms with E-state index in [1.165, 1.54) is 20.2 Å². The maximum atomic E-state index is 13.1. The van der Waals surface area contributed by atoms with Crippen LogP contribution in [-0.4, -0.2) is 107 Å². The van der Waals surface area contributed by atoms with Gasteiger partial charge in [0, 0.05) is 50.8 Å². The van der Waals surface area contributed by atoms with Gasteiger partial charge in [-0.15, -0.1) is 0 Å². The lowest BCUT2D eigenvalue weighted by molar-refractivity contribution is -0.143. The standard InChI is InChI=1S/C35H61N13O8/c1-21(2)17-25(29(37)52)47-31(54)23(9-8-15-43-34(38)39)46-27(50)10-6-5-7-14-41-28(51)19-44-30(53)24(11-12-26(36)49)48-33(56)35(3,4)32(55)42-16-13-22-18-40-20-45-22/h18,20-21,23-25H,5-17,19H2,1-4H3,(H2,36,49)(H2,37,52)(H,40,45)(H,41,51)(H,42,55)(H,44,53)(H,46,50)(H,47,54)(H,48,56)(H4,38,39,43). The topological polar surface area (TPSA) is 354 Å². The molecule has 15 N–H and O–H groups in total. The summed E-state index contributed by atoms with van der Waals surface area (Å²) < 4.78 is 0. The zero-order chi connectivity index (χ0) is 42.3. The summed E-state index contributed by atoms with van der Waals surface area (Å²) in [6.45, 7) is 6.83. The van der Waals surface area contributed by atoms with Gasteiger partial charge in [0.25, 0.3) is 0 Å². The van der Waals surface area contributed by atoms with Crippen molar-refractivity contribution in [3.63, 3.8) is 0 Å². The van der Waals surface area contributed by atoms with E-state index in [2.05, 4.69) is 46.9 Å². The summed E-state index contributed by atoms with van der Waals surface area (Å²) in [7, 11) is 0. The normalized spacial score (nSPS) is 12.7. The van der Waals surface area contributed by atoms with Crippen LogP contribution in [0.15, 0.2) is 17.5 Å². The highest BCUT2D eigenvalue weighted by Crippen LogP contribution is 2.17. The highest BCUT2D eigenvalue weighted by atomic mass is 16.2. The van der Waals surface area contributed by atoms with Crippen LogP contribution in [0.2, 0.25) is 0 Å². The van der Waals surface area contributed by atoms with Gasteiger partial charge in [-0.3, -0.25) is 43.3 Å². The molecule has 0 saturated carbocycles. The van der Waals surface area contributed by atoms with E-state index in [0.717, 1.165) is 5.69 Å². The van der Waals surface area contributed by atoms with Crippen molar-refractivity contribution in [1.82, 2.24) is 41.9 Å². The smallest absolute Gasteiger partial charge is 0.243 e. The number of unbranched alkanes of at least 4 members (excludes halogenated alkanes) is 2. The van der Waals surface area contributed by atoms with E-state index in [1.54, 1.807) is 6.20 Å². The summed E-state index contributed by atoms with van der Waals surface area (Å²) >= 11 is 0. The van der Waals surface area contributed by atoms with E-state index >= 15 is 0 Å². The molecule has 1 aromatic rings. The number of primary amides is 2. The third-order valence-electron chi connectivity index (χ3n) is 8.46. The molecule has 8 amide bonds. The van der Waals surface area contributed by atoms with E-state index in [9.17, 15) is 38.4 Å². The second-order valence-corrected chi connectivity index (χ2v) is 14.3. The number of guanidine groups is 1. The summed E-state index contributed by atoms with van der Waals surface area (Å²) in [6.07, 6.45) is 5.70. The summed E-state index contributed by atoms with van der Waals surface area (Å²) in [5.41, 5.74) is 20.7. The molecule has 1 rings (SSSR count). The van der Waals surface area contributed by atoms with Crippen LogP contribution in [0.5, 0.6) is 0 Å². The SMILES string of the molecule is CC(C)CC(NC(=O)C(CCCN=C(N)N)NC(=O)CCCCCNC(=O)CNC(=O)C(CCC(N)=O)NC(=O)C(C)(C)C(=O)NCCc1cnc[nH]1)C(N)=O.